The fraction of sp³-hybridized carbons (Fsp3) is 0.263. The minimum absolute atomic E-state index is 1.18. The van der Waals surface area contributed by atoms with Gasteiger partial charge in [-0.15, -0.1) is 0 Å². The Morgan fingerprint density at radius 3 is 2.10 bits per heavy atom. The van der Waals surface area contributed by atoms with Gasteiger partial charge in [-0.05, 0) is 24.8 Å². The predicted molar refractivity (Wildman–Crippen MR) is 92.1 cm³/mol. The highest BCUT2D eigenvalue weighted by atomic mass is 28.3. The summed E-state index contributed by atoms with van der Waals surface area (Å²) in [6, 6.07) is 21.7. The van der Waals surface area contributed by atoms with Crippen molar-refractivity contribution in [3.05, 3.63) is 78.0 Å². The van der Waals surface area contributed by atoms with Gasteiger partial charge in [-0.2, -0.15) is 0 Å². The Morgan fingerprint density at radius 1 is 0.850 bits per heavy atom. The molecule has 0 spiro atoms. The molecule has 0 aliphatic rings. The first-order chi connectivity index (χ1) is 9.68. The summed E-state index contributed by atoms with van der Waals surface area (Å²) in [4.78, 5) is 0. The van der Waals surface area contributed by atoms with E-state index in [2.05, 4.69) is 85.5 Å². The Labute approximate surface area is 124 Å². The van der Waals surface area contributed by atoms with E-state index in [4.69, 9.17) is 0 Å². The van der Waals surface area contributed by atoms with Gasteiger partial charge < -0.3 is 0 Å². The van der Waals surface area contributed by atoms with E-state index in [1.165, 1.54) is 30.0 Å². The topological polar surface area (TPSA) is 0 Å². The zero-order chi connectivity index (χ0) is 14.3. The van der Waals surface area contributed by atoms with Gasteiger partial charge in [0.1, 0.15) is 8.07 Å². The summed E-state index contributed by atoms with van der Waals surface area (Å²) in [6.45, 7) is 4.83. The van der Waals surface area contributed by atoms with Crippen LogP contribution in [0.1, 0.15) is 18.4 Å². The lowest BCUT2D eigenvalue weighted by Crippen LogP contribution is -2.39. The molecule has 0 N–H and O–H groups in total. The van der Waals surface area contributed by atoms with Crippen LogP contribution in [0.3, 0.4) is 0 Å². The molecule has 1 heteroatoms. The van der Waals surface area contributed by atoms with Crippen molar-refractivity contribution >= 4 is 13.3 Å². The molecular weight excluding hydrogens is 256 g/mol. The zero-order valence-electron chi connectivity index (χ0n) is 12.5. The number of rotatable bonds is 6. The molecule has 0 aliphatic carbocycles. The molecule has 0 saturated heterocycles. The van der Waals surface area contributed by atoms with E-state index in [1.54, 1.807) is 0 Å². The highest BCUT2D eigenvalue weighted by Crippen LogP contribution is 2.08. The summed E-state index contributed by atoms with van der Waals surface area (Å²) in [5.41, 5.74) is 3.92. The molecule has 0 nitrogen and oxygen atoms in total. The number of aryl methyl sites for hydroxylation is 1. The molecule has 0 amide bonds. The van der Waals surface area contributed by atoms with Gasteiger partial charge in [0.15, 0.2) is 0 Å². The van der Waals surface area contributed by atoms with E-state index in [9.17, 15) is 0 Å². The van der Waals surface area contributed by atoms with Crippen LogP contribution in [0.5, 0.6) is 0 Å². The van der Waals surface area contributed by atoms with Crippen molar-refractivity contribution in [2.75, 3.05) is 0 Å². The largest absolute Gasteiger partial charge is 0.103 e. The first kappa shape index (κ1) is 14.8. The van der Waals surface area contributed by atoms with Crippen LogP contribution in [0, 0.1) is 0 Å². The number of benzene rings is 2. The normalized spacial score (nSPS) is 11.9. The van der Waals surface area contributed by atoms with Gasteiger partial charge in [0, 0.05) is 0 Å². The monoisotopic (exact) mass is 280 g/mol. The Hall–Kier alpha value is -1.60. The maximum Gasteiger partial charge on any atom is 0.103 e. The second kappa shape index (κ2) is 7.25. The summed E-state index contributed by atoms with van der Waals surface area (Å²) >= 11 is 0. The predicted octanol–water partition coefficient (Wildman–Crippen LogP) is 4.72. The van der Waals surface area contributed by atoms with Crippen LogP contribution in [0.4, 0.5) is 0 Å². The fourth-order valence-corrected chi connectivity index (χ4v) is 4.41. The number of hydrogen-bond donors (Lipinski definition) is 0. The van der Waals surface area contributed by atoms with Crippen LogP contribution in [-0.2, 0) is 6.42 Å². The minimum atomic E-state index is -1.39. The highest BCUT2D eigenvalue weighted by molar-refractivity contribution is 6.93. The van der Waals surface area contributed by atoms with Crippen LogP contribution in [-0.4, -0.2) is 8.07 Å². The van der Waals surface area contributed by atoms with Crippen molar-refractivity contribution in [3.8, 4) is 0 Å². The molecule has 0 unspecified atom stereocenters. The molecule has 20 heavy (non-hydrogen) atoms. The lowest BCUT2D eigenvalue weighted by atomic mass is 10.1. The number of allylic oxidation sites excluding steroid dienone is 1. The lowest BCUT2D eigenvalue weighted by molar-refractivity contribution is 0.843. The van der Waals surface area contributed by atoms with Crippen LogP contribution in [0.25, 0.3) is 0 Å². The van der Waals surface area contributed by atoms with Gasteiger partial charge >= 0.3 is 0 Å². The maximum atomic E-state index is 2.48. The van der Waals surface area contributed by atoms with Crippen molar-refractivity contribution < 1.29 is 0 Å². The van der Waals surface area contributed by atoms with Crippen molar-refractivity contribution in [3.63, 3.8) is 0 Å². The first-order valence-electron chi connectivity index (χ1n) is 7.46. The first-order valence-corrected chi connectivity index (χ1v) is 10.5. The van der Waals surface area contributed by atoms with Gasteiger partial charge in [-0.25, -0.2) is 0 Å². The third-order valence-corrected chi connectivity index (χ3v) is 6.62. The minimum Gasteiger partial charge on any atom is -0.0943 e. The standard InChI is InChI=1S/C19H24Si/c1-20(2,19-15-9-4-10-16-19)17-11-5-8-14-18-12-6-3-7-13-18/h3-4,6-7,9-13,15-17H,5,8,14H2,1-2H3/b17-11-. The average Bonchev–Trinajstić information content (AvgIpc) is 2.49. The molecule has 0 fully saturated rings. The van der Waals surface area contributed by atoms with Crippen molar-refractivity contribution in [1.29, 1.82) is 0 Å². The SMILES string of the molecule is C[Si](C)(/C=C\CCCc1ccccc1)c1ccccc1. The Morgan fingerprint density at radius 2 is 1.45 bits per heavy atom. The molecule has 0 heterocycles. The van der Waals surface area contributed by atoms with E-state index in [0.717, 1.165) is 0 Å². The van der Waals surface area contributed by atoms with E-state index in [0.29, 0.717) is 0 Å². The van der Waals surface area contributed by atoms with E-state index >= 15 is 0 Å². The van der Waals surface area contributed by atoms with E-state index < -0.39 is 8.07 Å². The van der Waals surface area contributed by atoms with E-state index in [1.807, 2.05) is 0 Å². The fourth-order valence-electron chi connectivity index (χ4n) is 2.41. The second-order valence-electron chi connectivity index (χ2n) is 5.87. The maximum absolute atomic E-state index is 2.48. The molecule has 0 aliphatic heterocycles. The molecule has 2 aromatic carbocycles. The number of hydrogen-bond acceptors (Lipinski definition) is 0. The molecule has 0 atom stereocenters. The van der Waals surface area contributed by atoms with Crippen molar-refractivity contribution in [1.82, 2.24) is 0 Å². The van der Waals surface area contributed by atoms with Gasteiger partial charge in [0.2, 0.25) is 0 Å². The molecule has 0 aromatic heterocycles. The molecule has 0 saturated carbocycles. The van der Waals surface area contributed by atoms with E-state index in [-0.39, 0.29) is 0 Å². The Balaban J connectivity index is 1.81. The summed E-state index contributed by atoms with van der Waals surface area (Å²) in [6.07, 6.45) is 5.98. The third-order valence-electron chi connectivity index (χ3n) is 3.73. The number of unbranched alkanes of at least 4 members (excludes halogenated alkanes) is 1. The summed E-state index contributed by atoms with van der Waals surface area (Å²) in [5.74, 6) is 0. The highest BCUT2D eigenvalue weighted by Gasteiger charge is 2.18. The van der Waals surface area contributed by atoms with Crippen LogP contribution in [0.2, 0.25) is 13.1 Å². The van der Waals surface area contributed by atoms with Crippen molar-refractivity contribution in [2.24, 2.45) is 0 Å². The molecule has 0 radical (unpaired) electrons. The van der Waals surface area contributed by atoms with Crippen LogP contribution in [0.15, 0.2) is 72.4 Å². The molecule has 2 aromatic rings. The molecule has 0 bridgehead atoms. The molecule has 2 rings (SSSR count). The third kappa shape index (κ3) is 4.50. The molecule has 104 valence electrons. The summed E-state index contributed by atoms with van der Waals surface area (Å²) in [5, 5.41) is 1.51. The van der Waals surface area contributed by atoms with Crippen LogP contribution >= 0.6 is 0 Å². The zero-order valence-corrected chi connectivity index (χ0v) is 13.5. The van der Waals surface area contributed by atoms with Gasteiger partial charge in [0.05, 0.1) is 0 Å². The Bertz CT molecular complexity index is 526. The summed E-state index contributed by atoms with van der Waals surface area (Å²) in [7, 11) is -1.39. The van der Waals surface area contributed by atoms with Crippen LogP contribution < -0.4 is 5.19 Å². The lowest BCUT2D eigenvalue weighted by Gasteiger charge is -2.18. The smallest absolute Gasteiger partial charge is 0.0943 e. The Kier molecular flexibility index (Phi) is 5.37. The van der Waals surface area contributed by atoms with Crippen molar-refractivity contribution in [2.45, 2.75) is 32.4 Å². The second-order valence-corrected chi connectivity index (χ2v) is 10.2. The summed E-state index contributed by atoms with van der Waals surface area (Å²) < 4.78 is 0. The molecular formula is C19H24Si. The van der Waals surface area contributed by atoms with Gasteiger partial charge in [-0.1, -0.05) is 90.7 Å². The average molecular weight is 280 g/mol. The van der Waals surface area contributed by atoms with Gasteiger partial charge in [0.25, 0.3) is 0 Å². The quantitative estimate of drug-likeness (QED) is 0.530. The van der Waals surface area contributed by atoms with Gasteiger partial charge in [-0.3, -0.25) is 0 Å².